The van der Waals surface area contributed by atoms with Crippen molar-refractivity contribution in [1.82, 2.24) is 10.3 Å². The Bertz CT molecular complexity index is 450. The Kier molecular flexibility index (Phi) is 3.98. The number of anilines is 1. The van der Waals surface area contributed by atoms with Crippen molar-refractivity contribution in [3.05, 3.63) is 23.9 Å². The fourth-order valence-electron chi connectivity index (χ4n) is 0.978. The summed E-state index contributed by atoms with van der Waals surface area (Å²) in [5.41, 5.74) is 0.919. The monoisotopic (exact) mass is 218 g/mol. The number of aryl methyl sites for hydroxylation is 1. The normalized spacial score (nSPS) is 9.00. The summed E-state index contributed by atoms with van der Waals surface area (Å²) in [7, 11) is 0. The summed E-state index contributed by atoms with van der Waals surface area (Å²) in [6, 6.07) is 5.10. The van der Waals surface area contributed by atoms with E-state index >= 15 is 0 Å². The molecule has 82 valence electrons. The van der Waals surface area contributed by atoms with E-state index in [0.29, 0.717) is 5.82 Å². The number of aromatic nitrogens is 1. The molecule has 0 aromatic carbocycles. The molecule has 0 radical (unpaired) electrons. The second-order valence-electron chi connectivity index (χ2n) is 3.01. The third-order valence-corrected chi connectivity index (χ3v) is 1.69. The number of hydrogen-bond donors (Lipinski definition) is 2. The molecule has 2 N–H and O–H groups in total. The van der Waals surface area contributed by atoms with Crippen LogP contribution in [0.1, 0.15) is 5.56 Å². The summed E-state index contributed by atoms with van der Waals surface area (Å²) in [6.45, 7) is 1.64. The lowest BCUT2D eigenvalue weighted by Gasteiger charge is -2.03. The molecule has 1 heterocycles. The molecule has 1 rings (SSSR count). The van der Waals surface area contributed by atoms with Crippen LogP contribution in [0.25, 0.3) is 0 Å². The van der Waals surface area contributed by atoms with Gasteiger partial charge in [0.2, 0.25) is 0 Å². The van der Waals surface area contributed by atoms with Crippen LogP contribution in [-0.4, -0.2) is 23.3 Å². The van der Waals surface area contributed by atoms with Gasteiger partial charge in [-0.2, -0.15) is 5.26 Å². The first-order valence-electron chi connectivity index (χ1n) is 4.52. The maximum Gasteiger partial charge on any atom is 0.314 e. The van der Waals surface area contributed by atoms with Gasteiger partial charge in [0, 0.05) is 6.20 Å². The highest BCUT2D eigenvalue weighted by Gasteiger charge is 2.13. The number of hydrogen-bond acceptors (Lipinski definition) is 4. The Balaban J connectivity index is 2.58. The summed E-state index contributed by atoms with van der Waals surface area (Å²) in [4.78, 5) is 26.2. The number of carbonyl (C=O) groups excluding carboxylic acids is 2. The predicted molar refractivity (Wildman–Crippen MR) is 56.2 cm³/mol. The van der Waals surface area contributed by atoms with Gasteiger partial charge in [-0.1, -0.05) is 0 Å². The van der Waals surface area contributed by atoms with E-state index in [4.69, 9.17) is 5.26 Å². The summed E-state index contributed by atoms with van der Waals surface area (Å²) < 4.78 is 0. The van der Waals surface area contributed by atoms with Gasteiger partial charge in [-0.05, 0) is 24.6 Å². The minimum absolute atomic E-state index is 0.201. The molecule has 0 saturated heterocycles. The van der Waals surface area contributed by atoms with Crippen LogP contribution in [-0.2, 0) is 9.59 Å². The molecule has 0 unspecified atom stereocenters. The number of pyridine rings is 1. The summed E-state index contributed by atoms with van der Waals surface area (Å²) in [6.07, 6.45) is 1.53. The summed E-state index contributed by atoms with van der Waals surface area (Å²) in [5, 5.41) is 12.7. The smallest absolute Gasteiger partial charge is 0.314 e. The van der Waals surface area contributed by atoms with Crippen LogP contribution in [0.5, 0.6) is 0 Å². The van der Waals surface area contributed by atoms with E-state index in [1.54, 1.807) is 18.2 Å². The molecule has 1 aromatic heterocycles. The van der Waals surface area contributed by atoms with Crippen molar-refractivity contribution >= 4 is 17.6 Å². The van der Waals surface area contributed by atoms with Crippen molar-refractivity contribution < 1.29 is 9.59 Å². The van der Waals surface area contributed by atoms with Crippen molar-refractivity contribution in [3.8, 4) is 6.07 Å². The van der Waals surface area contributed by atoms with E-state index in [-0.39, 0.29) is 6.54 Å². The van der Waals surface area contributed by atoms with Crippen LogP contribution in [0.4, 0.5) is 5.82 Å². The first-order valence-corrected chi connectivity index (χ1v) is 4.52. The molecule has 0 saturated carbocycles. The third-order valence-electron chi connectivity index (χ3n) is 1.69. The van der Waals surface area contributed by atoms with Gasteiger partial charge in [-0.15, -0.1) is 0 Å². The molecule has 1 aromatic rings. The van der Waals surface area contributed by atoms with Crippen LogP contribution >= 0.6 is 0 Å². The van der Waals surface area contributed by atoms with E-state index < -0.39 is 11.8 Å². The van der Waals surface area contributed by atoms with Gasteiger partial charge in [0.1, 0.15) is 12.4 Å². The molecule has 2 amide bonds. The highest BCUT2D eigenvalue weighted by molar-refractivity contribution is 6.39. The van der Waals surface area contributed by atoms with Crippen LogP contribution in [0.2, 0.25) is 0 Å². The molecular formula is C10H10N4O2. The number of rotatable bonds is 2. The minimum Gasteiger partial charge on any atom is -0.335 e. The third kappa shape index (κ3) is 3.38. The highest BCUT2D eigenvalue weighted by Crippen LogP contribution is 2.04. The van der Waals surface area contributed by atoms with Crippen LogP contribution < -0.4 is 10.6 Å². The fraction of sp³-hybridized carbons (Fsp3) is 0.200. The number of amides is 2. The Labute approximate surface area is 92.3 Å². The van der Waals surface area contributed by atoms with Crippen molar-refractivity contribution in [2.45, 2.75) is 6.92 Å². The Morgan fingerprint density at radius 2 is 2.25 bits per heavy atom. The Morgan fingerprint density at radius 3 is 2.88 bits per heavy atom. The number of nitrogens with zero attached hydrogens (tertiary/aromatic N) is 2. The molecule has 6 nitrogen and oxygen atoms in total. The van der Waals surface area contributed by atoms with Gasteiger partial charge in [0.05, 0.1) is 6.07 Å². The number of nitriles is 1. The zero-order valence-electron chi connectivity index (χ0n) is 8.65. The largest absolute Gasteiger partial charge is 0.335 e. The lowest BCUT2D eigenvalue weighted by molar-refractivity contribution is -0.136. The maximum absolute atomic E-state index is 11.3. The molecule has 0 bridgehead atoms. The van der Waals surface area contributed by atoms with Crippen molar-refractivity contribution in [2.75, 3.05) is 11.9 Å². The van der Waals surface area contributed by atoms with E-state index in [0.717, 1.165) is 5.56 Å². The van der Waals surface area contributed by atoms with E-state index in [1.165, 1.54) is 6.20 Å². The van der Waals surface area contributed by atoms with E-state index in [9.17, 15) is 9.59 Å². The highest BCUT2D eigenvalue weighted by atomic mass is 16.2. The van der Waals surface area contributed by atoms with Crippen LogP contribution in [0, 0.1) is 18.3 Å². The van der Waals surface area contributed by atoms with Gasteiger partial charge < -0.3 is 10.6 Å². The molecule has 6 heteroatoms. The fourth-order valence-corrected chi connectivity index (χ4v) is 0.978. The van der Waals surface area contributed by atoms with Crippen molar-refractivity contribution in [1.29, 1.82) is 5.26 Å². The number of nitrogens with one attached hydrogen (secondary N) is 2. The molecular weight excluding hydrogens is 208 g/mol. The first-order chi connectivity index (χ1) is 7.63. The second-order valence-corrected chi connectivity index (χ2v) is 3.01. The van der Waals surface area contributed by atoms with Gasteiger partial charge in [0.25, 0.3) is 0 Å². The first kappa shape index (κ1) is 11.7. The maximum atomic E-state index is 11.3. The molecule has 0 aliphatic heterocycles. The molecule has 0 fully saturated rings. The van der Waals surface area contributed by atoms with E-state index in [1.807, 2.05) is 6.92 Å². The molecule has 0 atom stereocenters. The van der Waals surface area contributed by atoms with Crippen LogP contribution in [0.3, 0.4) is 0 Å². The summed E-state index contributed by atoms with van der Waals surface area (Å²) >= 11 is 0. The van der Waals surface area contributed by atoms with Crippen molar-refractivity contribution in [3.63, 3.8) is 0 Å². The van der Waals surface area contributed by atoms with Crippen molar-refractivity contribution in [2.24, 2.45) is 0 Å². The lowest BCUT2D eigenvalue weighted by atomic mass is 10.3. The second kappa shape index (κ2) is 5.46. The average molecular weight is 218 g/mol. The van der Waals surface area contributed by atoms with E-state index in [2.05, 4.69) is 15.6 Å². The predicted octanol–water partition coefficient (Wildman–Crippen LogP) is -0.0317. The number of carbonyl (C=O) groups is 2. The SMILES string of the molecule is Cc1ccnc(NC(=O)C(=O)NCC#N)c1. The van der Waals surface area contributed by atoms with Gasteiger partial charge in [0.15, 0.2) is 0 Å². The average Bonchev–Trinajstić information content (AvgIpc) is 2.25. The van der Waals surface area contributed by atoms with Gasteiger partial charge in [-0.3, -0.25) is 9.59 Å². The molecule has 0 aliphatic rings. The summed E-state index contributed by atoms with van der Waals surface area (Å²) in [5.74, 6) is -1.39. The zero-order valence-corrected chi connectivity index (χ0v) is 8.65. The Hall–Kier alpha value is -2.42. The van der Waals surface area contributed by atoms with Gasteiger partial charge >= 0.3 is 11.8 Å². The molecule has 0 spiro atoms. The van der Waals surface area contributed by atoms with Gasteiger partial charge in [-0.25, -0.2) is 4.98 Å². The quantitative estimate of drug-likeness (QED) is 0.538. The topological polar surface area (TPSA) is 94.9 Å². The molecule has 0 aliphatic carbocycles. The van der Waals surface area contributed by atoms with Crippen LogP contribution in [0.15, 0.2) is 18.3 Å². The Morgan fingerprint density at radius 1 is 1.50 bits per heavy atom. The molecule has 16 heavy (non-hydrogen) atoms. The lowest BCUT2D eigenvalue weighted by Crippen LogP contribution is -2.35. The zero-order chi connectivity index (χ0) is 12.0. The standard InChI is InChI=1S/C10H10N4O2/c1-7-2-4-12-8(6-7)14-10(16)9(15)13-5-3-11/h2,4,6H,5H2,1H3,(H,13,15)(H,12,14,16). The minimum atomic E-state index is -0.857.